The fraction of sp³-hybridized carbons (Fsp3) is 0.565. The number of aryl methyl sites for hydroxylation is 1. The molecule has 6 heteroatoms. The van der Waals surface area contributed by atoms with Crippen LogP contribution in [0.4, 0.5) is 17.5 Å². The summed E-state index contributed by atoms with van der Waals surface area (Å²) in [5.41, 5.74) is 3.23. The Morgan fingerprint density at radius 1 is 1.14 bits per heavy atom. The molecule has 0 amide bonds. The first-order chi connectivity index (χ1) is 14.1. The molecule has 1 saturated carbocycles. The summed E-state index contributed by atoms with van der Waals surface area (Å²) in [6.45, 7) is 6.94. The lowest BCUT2D eigenvalue weighted by molar-refractivity contribution is 0.112. The number of hydrogen-bond donors (Lipinski definition) is 2. The number of anilines is 3. The van der Waals surface area contributed by atoms with Crippen LogP contribution < -0.4 is 15.4 Å². The van der Waals surface area contributed by atoms with Crippen LogP contribution in [0, 0.1) is 12.8 Å². The Labute approximate surface area is 174 Å². The maximum atomic E-state index is 5.68. The lowest BCUT2D eigenvalue weighted by Crippen LogP contribution is -2.41. The summed E-state index contributed by atoms with van der Waals surface area (Å²) in [6.07, 6.45) is 5.20. The zero-order valence-corrected chi connectivity index (χ0v) is 18.0. The van der Waals surface area contributed by atoms with Gasteiger partial charge in [-0.3, -0.25) is 0 Å². The minimum absolute atomic E-state index is 0.563. The molecule has 1 aromatic carbocycles. The normalized spacial score (nSPS) is 22.8. The molecule has 2 heterocycles. The van der Waals surface area contributed by atoms with Crippen molar-refractivity contribution in [1.29, 1.82) is 0 Å². The van der Waals surface area contributed by atoms with Crippen molar-refractivity contribution in [2.45, 2.75) is 51.5 Å². The smallest absolute Gasteiger partial charge is 0.229 e. The molecule has 29 heavy (non-hydrogen) atoms. The molecule has 0 spiro atoms. The van der Waals surface area contributed by atoms with Crippen LogP contribution in [0.3, 0.4) is 0 Å². The van der Waals surface area contributed by atoms with E-state index in [1.54, 1.807) is 7.11 Å². The molecule has 4 rings (SSSR count). The van der Waals surface area contributed by atoms with E-state index in [2.05, 4.69) is 44.6 Å². The molecule has 2 aliphatic rings. The number of nitrogens with one attached hydrogen (secondary N) is 2. The van der Waals surface area contributed by atoms with Crippen LogP contribution in [-0.2, 0) is 0 Å². The molecule has 0 bridgehead atoms. The Hall–Kier alpha value is -2.34. The highest BCUT2D eigenvalue weighted by Crippen LogP contribution is 2.48. The molecule has 156 valence electrons. The van der Waals surface area contributed by atoms with Crippen molar-refractivity contribution in [2.75, 3.05) is 37.9 Å². The highest BCUT2D eigenvalue weighted by molar-refractivity contribution is 5.59. The Balaban J connectivity index is 1.47. The minimum atomic E-state index is 0.563. The standard InChI is InChI=1S/C23H33N5O/c1-15-11-22(24-3)27-23(25-15)26-19-7-8-21(29-4)20(14-19)18-12-17(13-18)16(2)28-9-5-6-10-28/h7-8,11,14,16-18H,5-6,9-10,12-13H2,1-4H3,(H2,24,25,26,27)/t16-,17?,18?/m1/s1. The average molecular weight is 396 g/mol. The van der Waals surface area contributed by atoms with E-state index >= 15 is 0 Å². The van der Waals surface area contributed by atoms with Crippen molar-refractivity contribution in [3.63, 3.8) is 0 Å². The van der Waals surface area contributed by atoms with Gasteiger partial charge in [-0.1, -0.05) is 0 Å². The Bertz CT molecular complexity index is 843. The van der Waals surface area contributed by atoms with Gasteiger partial charge in [-0.25, -0.2) is 4.98 Å². The van der Waals surface area contributed by atoms with E-state index in [0.717, 1.165) is 28.9 Å². The van der Waals surface area contributed by atoms with Gasteiger partial charge in [0.25, 0.3) is 0 Å². The summed E-state index contributed by atoms with van der Waals surface area (Å²) in [4.78, 5) is 11.7. The molecular formula is C23H33N5O. The van der Waals surface area contributed by atoms with Crippen molar-refractivity contribution in [2.24, 2.45) is 5.92 Å². The molecule has 0 radical (unpaired) electrons. The van der Waals surface area contributed by atoms with Crippen molar-refractivity contribution in [1.82, 2.24) is 14.9 Å². The lowest BCUT2D eigenvalue weighted by atomic mass is 9.68. The van der Waals surface area contributed by atoms with E-state index in [1.807, 2.05) is 26.1 Å². The topological polar surface area (TPSA) is 62.3 Å². The first kappa shape index (κ1) is 20.0. The van der Waals surface area contributed by atoms with Crippen LogP contribution in [0.2, 0.25) is 0 Å². The van der Waals surface area contributed by atoms with Crippen molar-refractivity contribution in [3.05, 3.63) is 35.5 Å². The second-order valence-corrected chi connectivity index (χ2v) is 8.46. The van der Waals surface area contributed by atoms with Gasteiger partial charge in [-0.2, -0.15) is 4.98 Å². The van der Waals surface area contributed by atoms with Gasteiger partial charge >= 0.3 is 0 Å². The number of hydrogen-bond acceptors (Lipinski definition) is 6. The molecule has 1 aromatic heterocycles. The van der Waals surface area contributed by atoms with Gasteiger partial charge in [-0.15, -0.1) is 0 Å². The molecule has 1 aliphatic carbocycles. The highest BCUT2D eigenvalue weighted by Gasteiger charge is 2.38. The third-order valence-electron chi connectivity index (χ3n) is 6.61. The maximum Gasteiger partial charge on any atom is 0.229 e. The third kappa shape index (κ3) is 4.32. The SMILES string of the molecule is CNc1cc(C)nc(Nc2ccc(OC)c(C3CC([C@@H](C)N4CCCC4)C3)c2)n1. The third-order valence-corrected chi connectivity index (χ3v) is 6.61. The van der Waals surface area contributed by atoms with E-state index < -0.39 is 0 Å². The van der Waals surface area contributed by atoms with Crippen molar-refractivity contribution >= 4 is 17.5 Å². The molecule has 2 fully saturated rings. The number of likely N-dealkylation sites (tertiary alicyclic amines) is 1. The number of aromatic nitrogens is 2. The molecule has 6 nitrogen and oxygen atoms in total. The Morgan fingerprint density at radius 2 is 1.90 bits per heavy atom. The summed E-state index contributed by atoms with van der Waals surface area (Å²) in [5.74, 6) is 3.76. The summed E-state index contributed by atoms with van der Waals surface area (Å²) in [6, 6.07) is 8.94. The number of nitrogens with zero attached hydrogens (tertiary/aromatic N) is 3. The van der Waals surface area contributed by atoms with E-state index in [1.165, 1.54) is 44.3 Å². The number of methoxy groups -OCH3 is 1. The highest BCUT2D eigenvalue weighted by atomic mass is 16.5. The molecule has 1 atom stereocenters. The van der Waals surface area contributed by atoms with Crippen molar-refractivity contribution in [3.8, 4) is 5.75 Å². The van der Waals surface area contributed by atoms with Crippen LogP contribution in [0.1, 0.15) is 49.8 Å². The molecule has 2 aromatic rings. The monoisotopic (exact) mass is 395 g/mol. The van der Waals surface area contributed by atoms with E-state index in [0.29, 0.717) is 17.9 Å². The second-order valence-electron chi connectivity index (χ2n) is 8.46. The number of benzene rings is 1. The van der Waals surface area contributed by atoms with Gasteiger partial charge in [0.15, 0.2) is 0 Å². The molecule has 0 unspecified atom stereocenters. The summed E-state index contributed by atoms with van der Waals surface area (Å²) in [7, 11) is 3.63. The van der Waals surface area contributed by atoms with Crippen molar-refractivity contribution < 1.29 is 4.74 Å². The van der Waals surface area contributed by atoms with Crippen LogP contribution in [0.25, 0.3) is 0 Å². The zero-order chi connectivity index (χ0) is 20.4. The van der Waals surface area contributed by atoms with Gasteiger partial charge in [0.1, 0.15) is 11.6 Å². The van der Waals surface area contributed by atoms with Crippen LogP contribution in [0.15, 0.2) is 24.3 Å². The first-order valence-electron chi connectivity index (χ1n) is 10.8. The summed E-state index contributed by atoms with van der Waals surface area (Å²) in [5, 5.41) is 6.45. The predicted molar refractivity (Wildman–Crippen MR) is 118 cm³/mol. The van der Waals surface area contributed by atoms with Gasteiger partial charge in [0, 0.05) is 30.5 Å². The maximum absolute atomic E-state index is 5.68. The molecule has 1 aliphatic heterocycles. The fourth-order valence-electron chi connectivity index (χ4n) is 4.77. The average Bonchev–Trinajstić information content (AvgIpc) is 3.21. The van der Waals surface area contributed by atoms with Gasteiger partial charge < -0.3 is 20.3 Å². The summed E-state index contributed by atoms with van der Waals surface area (Å²) >= 11 is 0. The number of rotatable bonds is 7. The van der Waals surface area contributed by atoms with E-state index in [-0.39, 0.29) is 0 Å². The van der Waals surface area contributed by atoms with Crippen LogP contribution in [-0.4, -0.2) is 48.2 Å². The molecular weight excluding hydrogens is 362 g/mol. The number of ether oxygens (including phenoxy) is 1. The quantitative estimate of drug-likeness (QED) is 0.717. The van der Waals surface area contributed by atoms with E-state index in [9.17, 15) is 0 Å². The molecule has 2 N–H and O–H groups in total. The van der Waals surface area contributed by atoms with Crippen LogP contribution in [0.5, 0.6) is 5.75 Å². The second kappa shape index (κ2) is 8.57. The zero-order valence-electron chi connectivity index (χ0n) is 18.0. The lowest BCUT2D eigenvalue weighted by Gasteiger charge is -2.43. The predicted octanol–water partition coefficient (Wildman–Crippen LogP) is 4.56. The summed E-state index contributed by atoms with van der Waals surface area (Å²) < 4.78 is 5.68. The first-order valence-corrected chi connectivity index (χ1v) is 10.8. The van der Waals surface area contributed by atoms with Crippen LogP contribution >= 0.6 is 0 Å². The minimum Gasteiger partial charge on any atom is -0.496 e. The largest absolute Gasteiger partial charge is 0.496 e. The van der Waals surface area contributed by atoms with Gasteiger partial charge in [0.05, 0.1) is 7.11 Å². The fourth-order valence-corrected chi connectivity index (χ4v) is 4.77. The van der Waals surface area contributed by atoms with E-state index in [4.69, 9.17) is 4.74 Å². The Morgan fingerprint density at radius 3 is 2.59 bits per heavy atom. The van der Waals surface area contributed by atoms with Gasteiger partial charge in [0.2, 0.25) is 5.95 Å². The van der Waals surface area contributed by atoms with Gasteiger partial charge in [-0.05, 0) is 88.2 Å². The Kier molecular flexibility index (Phi) is 5.90. The molecule has 1 saturated heterocycles.